The lowest BCUT2D eigenvalue weighted by molar-refractivity contribution is -0.118. The second kappa shape index (κ2) is 6.50. The molecular weight excluding hydrogens is 217 g/mol. The monoisotopic (exact) mass is 237 g/mol. The first-order chi connectivity index (χ1) is 8.10. The predicted molar refractivity (Wildman–Crippen MR) is 67.4 cm³/mol. The topological polar surface area (TPSA) is 20.3 Å². The molecule has 3 heteroatoms. The second-order valence-corrected chi connectivity index (χ2v) is 4.16. The molecule has 2 nitrogen and oxygen atoms in total. The van der Waals surface area contributed by atoms with E-state index in [1.54, 1.807) is 19.1 Å². The zero-order valence-electron chi connectivity index (χ0n) is 10.7. The third-order valence-corrected chi connectivity index (χ3v) is 3.00. The molecule has 17 heavy (non-hydrogen) atoms. The number of carbonyl (C=O) groups is 1. The molecule has 0 aliphatic rings. The minimum absolute atomic E-state index is 0.0881. The summed E-state index contributed by atoms with van der Waals surface area (Å²) in [4.78, 5) is 13.4. The fourth-order valence-corrected chi connectivity index (χ4v) is 2.12. The van der Waals surface area contributed by atoms with Crippen LogP contribution < -0.4 is 0 Å². The molecule has 0 spiro atoms. The Hall–Kier alpha value is -1.22. The van der Waals surface area contributed by atoms with E-state index in [1.165, 1.54) is 6.07 Å². The van der Waals surface area contributed by atoms with Gasteiger partial charge in [0.2, 0.25) is 0 Å². The summed E-state index contributed by atoms with van der Waals surface area (Å²) in [5, 5.41) is 0. The fourth-order valence-electron chi connectivity index (χ4n) is 2.12. The van der Waals surface area contributed by atoms with Gasteiger partial charge in [0.1, 0.15) is 11.6 Å². The van der Waals surface area contributed by atoms with Crippen molar-refractivity contribution in [2.75, 3.05) is 13.1 Å². The quantitative estimate of drug-likeness (QED) is 0.757. The van der Waals surface area contributed by atoms with E-state index < -0.39 is 0 Å². The number of hydrogen-bond acceptors (Lipinski definition) is 2. The molecule has 0 N–H and O–H groups in total. The molecule has 0 heterocycles. The lowest BCUT2D eigenvalue weighted by Crippen LogP contribution is -2.30. The first kappa shape index (κ1) is 13.8. The van der Waals surface area contributed by atoms with E-state index in [0.717, 1.165) is 13.1 Å². The van der Waals surface area contributed by atoms with E-state index in [2.05, 4.69) is 4.90 Å². The van der Waals surface area contributed by atoms with Crippen molar-refractivity contribution in [3.8, 4) is 0 Å². The number of halogens is 1. The average molecular weight is 237 g/mol. The minimum atomic E-state index is -0.231. The summed E-state index contributed by atoms with van der Waals surface area (Å²) in [6.07, 6.45) is 0.364. The Morgan fingerprint density at radius 2 is 1.88 bits per heavy atom. The van der Waals surface area contributed by atoms with Crippen LogP contribution in [0.4, 0.5) is 4.39 Å². The number of ketones is 1. The molecule has 1 aromatic carbocycles. The van der Waals surface area contributed by atoms with Crippen LogP contribution in [0, 0.1) is 5.82 Å². The van der Waals surface area contributed by atoms with Crippen molar-refractivity contribution >= 4 is 5.78 Å². The van der Waals surface area contributed by atoms with Gasteiger partial charge in [-0.05, 0) is 26.1 Å². The lowest BCUT2D eigenvalue weighted by atomic mass is 9.99. The molecule has 0 aliphatic heterocycles. The molecule has 0 saturated carbocycles. The first-order valence-corrected chi connectivity index (χ1v) is 6.08. The van der Waals surface area contributed by atoms with Crippen molar-refractivity contribution in [1.82, 2.24) is 4.90 Å². The molecule has 1 aromatic rings. The van der Waals surface area contributed by atoms with Crippen molar-refractivity contribution in [1.29, 1.82) is 0 Å². The Morgan fingerprint density at radius 1 is 1.29 bits per heavy atom. The highest BCUT2D eigenvalue weighted by molar-refractivity contribution is 5.76. The number of Topliss-reactive ketones (excluding diaryl/α,β-unsaturated/α-hetero) is 1. The largest absolute Gasteiger partial charge is 0.300 e. The Labute approximate surface area is 102 Å². The van der Waals surface area contributed by atoms with Crippen molar-refractivity contribution in [3.63, 3.8) is 0 Å². The molecule has 0 bridgehead atoms. The van der Waals surface area contributed by atoms with Crippen molar-refractivity contribution < 1.29 is 9.18 Å². The predicted octanol–water partition coefficient (Wildman–Crippen LogP) is 3.19. The van der Waals surface area contributed by atoms with Gasteiger partial charge in [-0.15, -0.1) is 0 Å². The van der Waals surface area contributed by atoms with Crippen molar-refractivity contribution in [3.05, 3.63) is 35.6 Å². The van der Waals surface area contributed by atoms with Gasteiger partial charge in [-0.3, -0.25) is 9.69 Å². The van der Waals surface area contributed by atoms with Crippen LogP contribution in [-0.4, -0.2) is 23.8 Å². The highest BCUT2D eigenvalue weighted by atomic mass is 19.1. The number of carbonyl (C=O) groups excluding carboxylic acids is 1. The van der Waals surface area contributed by atoms with E-state index in [1.807, 2.05) is 19.9 Å². The summed E-state index contributed by atoms with van der Waals surface area (Å²) in [6, 6.07) is 6.55. The van der Waals surface area contributed by atoms with E-state index in [0.29, 0.717) is 12.0 Å². The van der Waals surface area contributed by atoms with Crippen LogP contribution in [0.3, 0.4) is 0 Å². The smallest absolute Gasteiger partial charge is 0.131 e. The van der Waals surface area contributed by atoms with Crippen LogP contribution in [0.5, 0.6) is 0 Å². The normalized spacial score (nSPS) is 12.8. The van der Waals surface area contributed by atoms with Crippen molar-refractivity contribution in [2.24, 2.45) is 0 Å². The Balaban J connectivity index is 3.05. The van der Waals surface area contributed by atoms with Gasteiger partial charge >= 0.3 is 0 Å². The maximum absolute atomic E-state index is 13.8. The maximum Gasteiger partial charge on any atom is 0.131 e. The number of hydrogen-bond donors (Lipinski definition) is 0. The van der Waals surface area contributed by atoms with Crippen LogP contribution in [0.25, 0.3) is 0 Å². The van der Waals surface area contributed by atoms with Gasteiger partial charge in [0.25, 0.3) is 0 Å². The summed E-state index contributed by atoms with van der Waals surface area (Å²) >= 11 is 0. The molecule has 0 aromatic heterocycles. The van der Waals surface area contributed by atoms with Gasteiger partial charge in [-0.2, -0.15) is 0 Å². The summed E-state index contributed by atoms with van der Waals surface area (Å²) in [6.45, 7) is 7.22. The molecule has 1 rings (SSSR count). The third kappa shape index (κ3) is 3.63. The van der Waals surface area contributed by atoms with E-state index >= 15 is 0 Å². The van der Waals surface area contributed by atoms with Crippen LogP contribution in [0.15, 0.2) is 24.3 Å². The molecular formula is C14H20FNO. The number of nitrogens with zero attached hydrogens (tertiary/aromatic N) is 1. The molecule has 1 unspecified atom stereocenters. The van der Waals surface area contributed by atoms with E-state index in [9.17, 15) is 9.18 Å². The van der Waals surface area contributed by atoms with Gasteiger partial charge < -0.3 is 0 Å². The van der Waals surface area contributed by atoms with Gasteiger partial charge in [0, 0.05) is 18.0 Å². The van der Waals surface area contributed by atoms with E-state index in [-0.39, 0.29) is 17.6 Å². The molecule has 0 aliphatic carbocycles. The summed E-state index contributed by atoms with van der Waals surface area (Å²) < 4.78 is 13.8. The summed E-state index contributed by atoms with van der Waals surface area (Å²) in [7, 11) is 0. The Bertz CT molecular complexity index is 374. The van der Waals surface area contributed by atoms with Crippen LogP contribution in [0.2, 0.25) is 0 Å². The summed E-state index contributed by atoms with van der Waals surface area (Å²) in [5.74, 6) is -0.143. The van der Waals surface area contributed by atoms with Crippen molar-refractivity contribution in [2.45, 2.75) is 33.2 Å². The molecule has 0 saturated heterocycles. The van der Waals surface area contributed by atoms with Gasteiger partial charge in [0.05, 0.1) is 0 Å². The zero-order valence-corrected chi connectivity index (χ0v) is 10.7. The molecule has 94 valence electrons. The molecule has 0 fully saturated rings. The Kier molecular flexibility index (Phi) is 5.29. The third-order valence-electron chi connectivity index (χ3n) is 3.00. The zero-order chi connectivity index (χ0) is 12.8. The lowest BCUT2D eigenvalue weighted by Gasteiger charge is -2.29. The Morgan fingerprint density at radius 3 is 2.35 bits per heavy atom. The molecule has 0 amide bonds. The molecule has 0 radical (unpaired) electrons. The first-order valence-electron chi connectivity index (χ1n) is 6.08. The highest BCUT2D eigenvalue weighted by Crippen LogP contribution is 2.26. The molecule has 1 atom stereocenters. The van der Waals surface area contributed by atoms with Crippen LogP contribution in [0.1, 0.15) is 38.8 Å². The standard InChI is InChI=1S/C14H20FNO/c1-4-16(5-2)14(10-11(3)17)12-8-6-7-9-13(12)15/h6-9,14H,4-5,10H2,1-3H3. The average Bonchev–Trinajstić information content (AvgIpc) is 2.29. The second-order valence-electron chi connectivity index (χ2n) is 4.16. The number of benzene rings is 1. The summed E-state index contributed by atoms with van der Waals surface area (Å²) in [5.41, 5.74) is 0.617. The van der Waals surface area contributed by atoms with Gasteiger partial charge in [-0.25, -0.2) is 4.39 Å². The van der Waals surface area contributed by atoms with Gasteiger partial charge in [-0.1, -0.05) is 32.0 Å². The minimum Gasteiger partial charge on any atom is -0.300 e. The van der Waals surface area contributed by atoms with Crippen LogP contribution in [-0.2, 0) is 4.79 Å². The number of rotatable bonds is 6. The van der Waals surface area contributed by atoms with Crippen LogP contribution >= 0.6 is 0 Å². The SMILES string of the molecule is CCN(CC)C(CC(C)=O)c1ccccc1F. The highest BCUT2D eigenvalue weighted by Gasteiger charge is 2.22. The maximum atomic E-state index is 13.8. The van der Waals surface area contributed by atoms with Gasteiger partial charge in [0.15, 0.2) is 0 Å². The fraction of sp³-hybridized carbons (Fsp3) is 0.500. The van der Waals surface area contributed by atoms with E-state index in [4.69, 9.17) is 0 Å².